The van der Waals surface area contributed by atoms with Crippen LogP contribution in [0.2, 0.25) is 0 Å². The van der Waals surface area contributed by atoms with Crippen molar-refractivity contribution in [3.05, 3.63) is 0 Å². The maximum absolute atomic E-state index is 8.92. The molecule has 8 heteroatoms. The van der Waals surface area contributed by atoms with Gasteiger partial charge in [-0.05, 0) is 170 Å². The lowest BCUT2D eigenvalue weighted by atomic mass is 9.80. The molecule has 5 rings (SSSR count). The number of alkyl halides is 1. The van der Waals surface area contributed by atoms with Gasteiger partial charge in [-0.25, -0.2) is 0 Å². The summed E-state index contributed by atoms with van der Waals surface area (Å²) in [7, 11) is 6.87. The lowest BCUT2D eigenvalue weighted by molar-refractivity contribution is -0.135. The Hall–Kier alpha value is 0.200. The molecule has 0 radical (unpaired) electrons. The van der Waals surface area contributed by atoms with Crippen LogP contribution in [0, 0.1) is 17.8 Å². The van der Waals surface area contributed by atoms with Crippen LogP contribution in [0.15, 0.2) is 0 Å². The zero-order chi connectivity index (χ0) is 40.1. The Morgan fingerprint density at radius 2 is 0.755 bits per heavy atom. The van der Waals surface area contributed by atoms with Crippen LogP contribution in [0.4, 0.5) is 0 Å². The molecule has 7 nitrogen and oxygen atoms in total. The number of halogens is 1. The third kappa shape index (κ3) is 13.9. The number of rotatable bonds is 7. The molecule has 53 heavy (non-hydrogen) atoms. The molecule has 0 spiro atoms. The summed E-state index contributed by atoms with van der Waals surface area (Å²) in [4.78, 5) is 8.44. The van der Waals surface area contributed by atoms with Crippen molar-refractivity contribution < 1.29 is 19.7 Å². The van der Waals surface area contributed by atoms with Crippen molar-refractivity contribution in [3.63, 3.8) is 0 Å². The van der Waals surface area contributed by atoms with Gasteiger partial charge >= 0.3 is 0 Å². The number of hydrogen-bond acceptors (Lipinski definition) is 7. The Labute approximate surface area is 337 Å². The van der Waals surface area contributed by atoms with Gasteiger partial charge in [0.2, 0.25) is 0 Å². The van der Waals surface area contributed by atoms with E-state index in [9.17, 15) is 0 Å². The second-order valence-corrected chi connectivity index (χ2v) is 22.3. The summed E-state index contributed by atoms with van der Waals surface area (Å²) in [5.74, 6) is 2.09. The first-order chi connectivity index (χ1) is 24.4. The van der Waals surface area contributed by atoms with Gasteiger partial charge in [-0.3, -0.25) is 14.7 Å². The van der Waals surface area contributed by atoms with Crippen LogP contribution >= 0.6 is 15.9 Å². The van der Waals surface area contributed by atoms with Gasteiger partial charge in [-0.2, -0.15) is 0 Å². The van der Waals surface area contributed by atoms with Crippen molar-refractivity contribution >= 4 is 15.9 Å². The zero-order valence-electron chi connectivity index (χ0n) is 37.3. The molecule has 2 N–H and O–H groups in total. The summed E-state index contributed by atoms with van der Waals surface area (Å²) >= 11 is 3.77. The van der Waals surface area contributed by atoms with E-state index in [0.29, 0.717) is 58.7 Å². The van der Waals surface area contributed by atoms with Crippen molar-refractivity contribution in [2.45, 2.75) is 249 Å². The molecule has 3 aliphatic heterocycles. The molecule has 314 valence electrons. The van der Waals surface area contributed by atoms with Crippen LogP contribution in [0.5, 0.6) is 0 Å². The molecule has 0 aromatic carbocycles. The van der Waals surface area contributed by atoms with Crippen molar-refractivity contribution in [3.8, 4) is 0 Å². The van der Waals surface area contributed by atoms with E-state index in [4.69, 9.17) is 19.7 Å². The molecule has 2 aliphatic carbocycles. The highest BCUT2D eigenvalue weighted by Gasteiger charge is 2.43. The van der Waals surface area contributed by atoms with Gasteiger partial charge in [0.25, 0.3) is 0 Å². The van der Waals surface area contributed by atoms with Crippen molar-refractivity contribution in [2.75, 3.05) is 21.1 Å². The van der Waals surface area contributed by atoms with Gasteiger partial charge in [0.15, 0.2) is 0 Å². The normalized spacial score (nSPS) is 38.2. The third-order valence-corrected chi connectivity index (χ3v) is 15.1. The summed E-state index contributed by atoms with van der Waals surface area (Å²) in [6.07, 6.45) is 16.3. The lowest BCUT2D eigenvalue weighted by Crippen LogP contribution is -2.57. The van der Waals surface area contributed by atoms with Crippen LogP contribution in [0.3, 0.4) is 0 Å². The second-order valence-electron chi connectivity index (χ2n) is 21.0. The summed E-state index contributed by atoms with van der Waals surface area (Å²) in [5.41, 5.74) is 0.777. The standard InChI is InChI=1S/C28H54N2O2.C11H22BrN.C6H12O2/c1-19(2)25-15-23(17-27(5,6)29(25)9)31-21-11-13-22(14-12-21)32-24-16-26(20(3)4)30(10)28(7,8)18-24;1-8(2)10-6-9(12)7-11(3,4)13(10)5;7-5-1-2-6(8)4-3-5/h19-26H,11-18H2,1-10H3;8-10H,6-7H2,1-5H3;5-8H,1-4H2. The number of piperidine rings is 3. The van der Waals surface area contributed by atoms with Crippen LogP contribution in [0.25, 0.3) is 0 Å². The van der Waals surface area contributed by atoms with E-state index < -0.39 is 0 Å². The smallest absolute Gasteiger partial charge is 0.0611 e. The highest BCUT2D eigenvalue weighted by Crippen LogP contribution is 2.40. The van der Waals surface area contributed by atoms with E-state index in [1.807, 2.05) is 0 Å². The molecule has 3 saturated heterocycles. The van der Waals surface area contributed by atoms with E-state index in [0.717, 1.165) is 76.2 Å². The predicted molar refractivity (Wildman–Crippen MR) is 228 cm³/mol. The maximum atomic E-state index is 8.92. The highest BCUT2D eigenvalue weighted by atomic mass is 79.9. The van der Waals surface area contributed by atoms with Crippen molar-refractivity contribution in [2.24, 2.45) is 17.8 Å². The summed E-state index contributed by atoms with van der Waals surface area (Å²) in [6, 6.07) is 1.96. The average molecular weight is 815 g/mol. The van der Waals surface area contributed by atoms with E-state index in [1.54, 1.807) is 0 Å². The summed E-state index contributed by atoms with van der Waals surface area (Å²) in [5, 5.41) is 17.8. The minimum absolute atomic E-state index is 0.140. The molecule has 5 aliphatic rings. The molecular formula is C45H88BrN3O4. The fraction of sp³-hybridized carbons (Fsp3) is 1.00. The van der Waals surface area contributed by atoms with Gasteiger partial charge < -0.3 is 19.7 Å². The van der Waals surface area contributed by atoms with Gasteiger partial charge in [0.1, 0.15) is 0 Å². The molecule has 6 unspecified atom stereocenters. The first-order valence-corrected chi connectivity index (χ1v) is 22.8. The Morgan fingerprint density at radius 1 is 0.472 bits per heavy atom. The van der Waals surface area contributed by atoms with Gasteiger partial charge in [-0.15, -0.1) is 0 Å². The van der Waals surface area contributed by atoms with E-state index in [1.165, 1.54) is 25.7 Å². The number of ether oxygens (including phenoxy) is 2. The minimum atomic E-state index is -0.140. The number of aliphatic hydroxyl groups is 2. The number of likely N-dealkylation sites (tertiary alicyclic amines) is 3. The third-order valence-electron chi connectivity index (χ3n) is 14.4. The van der Waals surface area contributed by atoms with Gasteiger partial charge in [0, 0.05) is 39.6 Å². The molecule has 3 heterocycles. The van der Waals surface area contributed by atoms with E-state index in [-0.39, 0.29) is 23.3 Å². The molecule has 0 bridgehead atoms. The fourth-order valence-electron chi connectivity index (χ4n) is 10.2. The zero-order valence-corrected chi connectivity index (χ0v) is 38.9. The molecule has 0 amide bonds. The maximum Gasteiger partial charge on any atom is 0.0611 e. The fourth-order valence-corrected chi connectivity index (χ4v) is 11.4. The number of nitrogens with zero attached hydrogens (tertiary/aromatic N) is 3. The monoisotopic (exact) mass is 814 g/mol. The number of aliphatic hydroxyl groups excluding tert-OH is 2. The van der Waals surface area contributed by atoms with Crippen LogP contribution in [-0.4, -0.2) is 122 Å². The van der Waals surface area contributed by atoms with Gasteiger partial charge in [-0.1, -0.05) is 57.5 Å². The second kappa shape index (κ2) is 20.3. The molecule has 5 fully saturated rings. The molecule has 0 aromatic rings. The van der Waals surface area contributed by atoms with E-state index >= 15 is 0 Å². The largest absolute Gasteiger partial charge is 0.393 e. The van der Waals surface area contributed by atoms with Gasteiger partial charge in [0.05, 0.1) is 36.6 Å². The Kier molecular flexibility index (Phi) is 18.2. The average Bonchev–Trinajstić information content (AvgIpc) is 3.04. The van der Waals surface area contributed by atoms with Crippen molar-refractivity contribution in [1.29, 1.82) is 0 Å². The lowest BCUT2D eigenvalue weighted by Gasteiger charge is -2.51. The SMILES string of the molecule is CC(C)C1CC(Br)CC(C)(C)N1C.CC(C)C1CC(OC2CCC(OC3CC(C(C)C)N(C)C(C)(C)C3)CC2)CC(C)(C)N1C.OC1CCC(O)CC1. The molecule has 6 atom stereocenters. The molecule has 2 saturated carbocycles. The van der Waals surface area contributed by atoms with Crippen LogP contribution < -0.4 is 0 Å². The van der Waals surface area contributed by atoms with E-state index in [2.05, 4.69) is 135 Å². The molecular weight excluding hydrogens is 726 g/mol. The Balaban J connectivity index is 0.000000292. The first kappa shape index (κ1) is 47.6. The topological polar surface area (TPSA) is 68.6 Å². The van der Waals surface area contributed by atoms with Crippen LogP contribution in [-0.2, 0) is 9.47 Å². The predicted octanol–water partition coefficient (Wildman–Crippen LogP) is 9.69. The van der Waals surface area contributed by atoms with Crippen molar-refractivity contribution in [1.82, 2.24) is 14.7 Å². The minimum Gasteiger partial charge on any atom is -0.393 e. The molecule has 0 aromatic heterocycles. The Bertz CT molecular complexity index is 990. The summed E-state index contributed by atoms with van der Waals surface area (Å²) < 4.78 is 13.5. The first-order valence-electron chi connectivity index (χ1n) is 21.9. The highest BCUT2D eigenvalue weighted by molar-refractivity contribution is 9.09. The Morgan fingerprint density at radius 3 is 1.06 bits per heavy atom. The number of hydrogen-bond donors (Lipinski definition) is 2. The quantitative estimate of drug-likeness (QED) is 0.248. The summed E-state index contributed by atoms with van der Waals surface area (Å²) in [6.45, 7) is 28.3. The van der Waals surface area contributed by atoms with Crippen LogP contribution in [0.1, 0.15) is 173 Å².